The van der Waals surface area contributed by atoms with Gasteiger partial charge >= 0.3 is 0 Å². The molecule has 1 fully saturated rings. The Morgan fingerprint density at radius 2 is 2.15 bits per heavy atom. The van der Waals surface area contributed by atoms with Crippen LogP contribution in [-0.2, 0) is 4.79 Å². The Labute approximate surface area is 126 Å². The minimum absolute atomic E-state index is 0.0596. The van der Waals surface area contributed by atoms with Crippen LogP contribution < -0.4 is 0 Å². The summed E-state index contributed by atoms with van der Waals surface area (Å²) in [5.74, 6) is -0.802. The molecule has 0 saturated carbocycles. The highest BCUT2D eigenvalue weighted by molar-refractivity contribution is 9.10. The van der Waals surface area contributed by atoms with E-state index in [1.54, 1.807) is 17.0 Å². The molecule has 2 rings (SSSR count). The second-order valence-corrected chi connectivity index (χ2v) is 6.01. The average molecular weight is 342 g/mol. The summed E-state index contributed by atoms with van der Waals surface area (Å²) in [5.41, 5.74) is 0.0647. The van der Waals surface area contributed by atoms with E-state index in [1.807, 2.05) is 0 Å². The maximum absolute atomic E-state index is 14.0. The lowest BCUT2D eigenvalue weighted by Gasteiger charge is -2.35. The number of benzene rings is 1. The second kappa shape index (κ2) is 6.48. The predicted octanol–water partition coefficient (Wildman–Crippen LogP) is 3.56. The van der Waals surface area contributed by atoms with Gasteiger partial charge in [0.1, 0.15) is 11.6 Å². The van der Waals surface area contributed by atoms with Crippen LogP contribution in [0.2, 0.25) is 0 Å². The van der Waals surface area contributed by atoms with Crippen LogP contribution in [-0.4, -0.2) is 29.2 Å². The number of Topliss-reactive ketones (excluding diaryl/α,β-unsaturated/α-hetero) is 1. The van der Waals surface area contributed by atoms with Crippen LogP contribution in [0.3, 0.4) is 0 Å². The normalized spacial score (nSPS) is 18.9. The number of hydrogen-bond acceptors (Lipinski definition) is 2. The van der Waals surface area contributed by atoms with Crippen molar-refractivity contribution in [3.8, 4) is 0 Å². The first-order valence-corrected chi connectivity index (χ1v) is 7.54. The number of likely N-dealkylation sites (tertiary alicyclic amines) is 1. The highest BCUT2D eigenvalue weighted by atomic mass is 79.9. The number of ketones is 1. The third kappa shape index (κ3) is 3.26. The molecular formula is C15H17BrFNO2. The number of amides is 1. The molecule has 0 radical (unpaired) electrons. The number of rotatable bonds is 3. The number of carbonyl (C=O) groups is 2. The summed E-state index contributed by atoms with van der Waals surface area (Å²) in [5, 5.41) is 0. The maximum Gasteiger partial charge on any atom is 0.257 e. The molecule has 20 heavy (non-hydrogen) atoms. The Kier molecular flexibility index (Phi) is 4.91. The first-order valence-electron chi connectivity index (χ1n) is 6.75. The number of nitrogens with zero attached hydrogens (tertiary/aromatic N) is 1. The van der Waals surface area contributed by atoms with Crippen molar-refractivity contribution in [3.63, 3.8) is 0 Å². The van der Waals surface area contributed by atoms with Gasteiger partial charge < -0.3 is 4.90 Å². The van der Waals surface area contributed by atoms with Crippen LogP contribution in [0.4, 0.5) is 4.39 Å². The predicted molar refractivity (Wildman–Crippen MR) is 78.1 cm³/mol. The topological polar surface area (TPSA) is 37.4 Å². The Balaban J connectivity index is 2.25. The van der Waals surface area contributed by atoms with E-state index in [0.717, 1.165) is 19.3 Å². The summed E-state index contributed by atoms with van der Waals surface area (Å²) in [6, 6.07) is 4.59. The van der Waals surface area contributed by atoms with E-state index in [4.69, 9.17) is 0 Å². The van der Waals surface area contributed by atoms with E-state index >= 15 is 0 Å². The molecule has 1 unspecified atom stereocenters. The fourth-order valence-corrected chi connectivity index (χ4v) is 3.00. The summed E-state index contributed by atoms with van der Waals surface area (Å²) >= 11 is 3.09. The fourth-order valence-electron chi connectivity index (χ4n) is 2.64. The van der Waals surface area contributed by atoms with E-state index in [2.05, 4.69) is 15.9 Å². The van der Waals surface area contributed by atoms with Crippen LogP contribution in [0.1, 0.15) is 43.0 Å². The monoisotopic (exact) mass is 341 g/mol. The van der Waals surface area contributed by atoms with Gasteiger partial charge in [-0.3, -0.25) is 9.59 Å². The molecule has 5 heteroatoms. The molecule has 0 bridgehead atoms. The van der Waals surface area contributed by atoms with Crippen molar-refractivity contribution in [1.82, 2.24) is 4.90 Å². The summed E-state index contributed by atoms with van der Waals surface area (Å²) in [7, 11) is 0. The molecule has 0 spiro atoms. The number of hydrogen-bond donors (Lipinski definition) is 0. The molecule has 1 amide bonds. The fraction of sp³-hybridized carbons (Fsp3) is 0.467. The minimum atomic E-state index is -0.537. The Morgan fingerprint density at radius 1 is 1.40 bits per heavy atom. The largest absolute Gasteiger partial charge is 0.335 e. The van der Waals surface area contributed by atoms with Gasteiger partial charge in [-0.05, 0) is 54.2 Å². The van der Waals surface area contributed by atoms with Crippen LogP contribution in [0, 0.1) is 5.82 Å². The summed E-state index contributed by atoms with van der Waals surface area (Å²) < 4.78 is 14.3. The van der Waals surface area contributed by atoms with Gasteiger partial charge in [0.15, 0.2) is 0 Å². The van der Waals surface area contributed by atoms with Crippen molar-refractivity contribution in [1.29, 1.82) is 0 Å². The standard InChI is InChI=1S/C15H17BrFNO2/c1-10(19)9-11-5-2-3-8-18(11)15(20)12-6-4-7-13(16)14(12)17/h4,6-7,11H,2-3,5,8-9H2,1H3. The van der Waals surface area contributed by atoms with Crippen LogP contribution in [0.5, 0.6) is 0 Å². The molecule has 0 aromatic heterocycles. The Bertz CT molecular complexity index is 533. The van der Waals surface area contributed by atoms with E-state index in [9.17, 15) is 14.0 Å². The molecule has 1 aromatic carbocycles. The lowest BCUT2D eigenvalue weighted by molar-refractivity contribution is -0.118. The molecular weight excluding hydrogens is 325 g/mol. The van der Waals surface area contributed by atoms with E-state index in [0.29, 0.717) is 13.0 Å². The molecule has 0 aliphatic carbocycles. The number of halogens is 2. The molecule has 1 aromatic rings. The van der Waals surface area contributed by atoms with Gasteiger partial charge in [0, 0.05) is 19.0 Å². The first-order chi connectivity index (χ1) is 9.50. The zero-order valence-electron chi connectivity index (χ0n) is 11.4. The van der Waals surface area contributed by atoms with Crippen LogP contribution in [0.15, 0.2) is 22.7 Å². The van der Waals surface area contributed by atoms with Crippen LogP contribution >= 0.6 is 15.9 Å². The molecule has 1 saturated heterocycles. The van der Waals surface area contributed by atoms with Crippen LogP contribution in [0.25, 0.3) is 0 Å². The molecule has 1 heterocycles. The third-order valence-electron chi connectivity index (χ3n) is 3.59. The summed E-state index contributed by atoms with van der Waals surface area (Å²) in [6.07, 6.45) is 3.06. The van der Waals surface area contributed by atoms with Gasteiger partial charge in [-0.1, -0.05) is 6.07 Å². The smallest absolute Gasteiger partial charge is 0.257 e. The van der Waals surface area contributed by atoms with E-state index in [-0.39, 0.29) is 27.8 Å². The van der Waals surface area contributed by atoms with Crippen molar-refractivity contribution in [2.75, 3.05) is 6.54 Å². The SMILES string of the molecule is CC(=O)CC1CCCCN1C(=O)c1cccc(Br)c1F. The minimum Gasteiger partial charge on any atom is -0.335 e. The van der Waals surface area contributed by atoms with Crippen molar-refractivity contribution in [3.05, 3.63) is 34.1 Å². The highest BCUT2D eigenvalue weighted by Crippen LogP contribution is 2.25. The quantitative estimate of drug-likeness (QED) is 0.842. The Hall–Kier alpha value is -1.23. The Morgan fingerprint density at radius 3 is 2.85 bits per heavy atom. The molecule has 0 N–H and O–H groups in total. The van der Waals surface area contributed by atoms with Gasteiger partial charge in [0.2, 0.25) is 0 Å². The van der Waals surface area contributed by atoms with Gasteiger partial charge in [-0.15, -0.1) is 0 Å². The molecule has 108 valence electrons. The zero-order chi connectivity index (χ0) is 14.7. The molecule has 3 nitrogen and oxygen atoms in total. The van der Waals surface area contributed by atoms with Crippen molar-refractivity contribution < 1.29 is 14.0 Å². The summed E-state index contributed by atoms with van der Waals surface area (Å²) in [6.45, 7) is 2.11. The van der Waals surface area contributed by atoms with Gasteiger partial charge in [-0.2, -0.15) is 0 Å². The van der Waals surface area contributed by atoms with Gasteiger partial charge in [-0.25, -0.2) is 4.39 Å². The lowest BCUT2D eigenvalue weighted by Crippen LogP contribution is -2.44. The van der Waals surface area contributed by atoms with Crippen molar-refractivity contribution in [2.24, 2.45) is 0 Å². The van der Waals surface area contributed by atoms with Crippen molar-refractivity contribution in [2.45, 2.75) is 38.6 Å². The van der Waals surface area contributed by atoms with E-state index < -0.39 is 5.82 Å². The van der Waals surface area contributed by atoms with Gasteiger partial charge in [0.05, 0.1) is 10.0 Å². The molecule has 1 aliphatic heterocycles. The lowest BCUT2D eigenvalue weighted by atomic mass is 9.96. The number of piperidine rings is 1. The maximum atomic E-state index is 14.0. The third-order valence-corrected chi connectivity index (χ3v) is 4.21. The summed E-state index contributed by atoms with van der Waals surface area (Å²) in [4.78, 5) is 25.5. The van der Waals surface area contributed by atoms with E-state index in [1.165, 1.54) is 13.0 Å². The second-order valence-electron chi connectivity index (χ2n) is 5.16. The molecule has 1 atom stereocenters. The van der Waals surface area contributed by atoms with Crippen molar-refractivity contribution >= 4 is 27.6 Å². The number of carbonyl (C=O) groups excluding carboxylic acids is 2. The average Bonchev–Trinajstić information content (AvgIpc) is 2.41. The molecule has 1 aliphatic rings. The van der Waals surface area contributed by atoms with Gasteiger partial charge in [0.25, 0.3) is 5.91 Å². The first kappa shape index (κ1) is 15.2. The zero-order valence-corrected chi connectivity index (χ0v) is 13.0. The highest BCUT2D eigenvalue weighted by Gasteiger charge is 2.29.